The summed E-state index contributed by atoms with van der Waals surface area (Å²) in [4.78, 5) is 0. The number of hydrogen-bond acceptors (Lipinski definition) is 2. The predicted molar refractivity (Wildman–Crippen MR) is 38.1 cm³/mol. The first kappa shape index (κ1) is 7.30. The van der Waals surface area contributed by atoms with Gasteiger partial charge in [0.25, 0.3) is 0 Å². The van der Waals surface area contributed by atoms with E-state index >= 15 is 0 Å². The van der Waals surface area contributed by atoms with Gasteiger partial charge in [-0.1, -0.05) is 12.5 Å². The lowest BCUT2D eigenvalue weighted by molar-refractivity contribution is 0.153. The second kappa shape index (κ2) is 3.38. The maximum absolute atomic E-state index is 9.25. The van der Waals surface area contributed by atoms with Gasteiger partial charge in [-0.05, 0) is 12.8 Å². The number of aliphatic hydroxyl groups is 1. The van der Waals surface area contributed by atoms with Crippen molar-refractivity contribution in [1.82, 2.24) is 0 Å². The molecule has 0 aromatic rings. The first-order valence-electron chi connectivity index (χ1n) is 3.59. The summed E-state index contributed by atoms with van der Waals surface area (Å²) in [6, 6.07) is 1.92. The maximum atomic E-state index is 9.25. The monoisotopic (exact) mass is 137 g/mol. The van der Waals surface area contributed by atoms with Crippen LogP contribution in [0, 0.1) is 17.2 Å². The van der Waals surface area contributed by atoms with Crippen LogP contribution in [0.1, 0.15) is 19.3 Å². The minimum Gasteiger partial charge on any atom is -0.393 e. The molecule has 10 heavy (non-hydrogen) atoms. The molecule has 1 rings (SSSR count). The van der Waals surface area contributed by atoms with Crippen LogP contribution in [0.3, 0.4) is 0 Å². The van der Waals surface area contributed by atoms with E-state index in [4.69, 9.17) is 5.26 Å². The second-order valence-electron chi connectivity index (χ2n) is 2.65. The third-order valence-corrected chi connectivity index (χ3v) is 1.95. The Kier molecular flexibility index (Phi) is 2.47. The van der Waals surface area contributed by atoms with Crippen molar-refractivity contribution >= 4 is 0 Å². The van der Waals surface area contributed by atoms with Crippen molar-refractivity contribution in [1.29, 1.82) is 5.26 Å². The van der Waals surface area contributed by atoms with Crippen molar-refractivity contribution < 1.29 is 5.11 Å². The van der Waals surface area contributed by atoms with Gasteiger partial charge >= 0.3 is 0 Å². The molecule has 0 aliphatic heterocycles. The van der Waals surface area contributed by atoms with Crippen molar-refractivity contribution in [3.63, 3.8) is 0 Å². The Hall–Kier alpha value is -0.810. The van der Waals surface area contributed by atoms with E-state index < -0.39 is 0 Å². The van der Waals surface area contributed by atoms with Crippen LogP contribution in [0.15, 0.2) is 12.2 Å². The molecule has 0 spiro atoms. The lowest BCUT2D eigenvalue weighted by atomic mass is 10.1. The summed E-state index contributed by atoms with van der Waals surface area (Å²) in [7, 11) is 0. The largest absolute Gasteiger partial charge is 0.393 e. The van der Waals surface area contributed by atoms with Crippen LogP contribution in [-0.2, 0) is 0 Å². The van der Waals surface area contributed by atoms with E-state index in [1.807, 2.05) is 6.07 Å². The molecule has 0 aromatic heterocycles. The van der Waals surface area contributed by atoms with E-state index in [1.165, 1.54) is 6.08 Å². The van der Waals surface area contributed by atoms with Crippen molar-refractivity contribution in [2.45, 2.75) is 25.4 Å². The minimum atomic E-state index is -0.204. The van der Waals surface area contributed by atoms with E-state index in [0.717, 1.165) is 19.3 Å². The Morgan fingerprint density at radius 3 is 2.80 bits per heavy atom. The molecule has 0 amide bonds. The molecule has 1 aliphatic carbocycles. The lowest BCUT2D eigenvalue weighted by Crippen LogP contribution is -2.09. The molecule has 0 unspecified atom stereocenters. The minimum absolute atomic E-state index is 0.204. The molecule has 0 bridgehead atoms. The third-order valence-electron chi connectivity index (χ3n) is 1.95. The summed E-state index contributed by atoms with van der Waals surface area (Å²) in [5.74, 6) is 0.236. The lowest BCUT2D eigenvalue weighted by Gasteiger charge is -2.06. The Balaban J connectivity index is 2.42. The summed E-state index contributed by atoms with van der Waals surface area (Å²) in [5.41, 5.74) is 0. The van der Waals surface area contributed by atoms with Gasteiger partial charge in [0, 0.05) is 12.0 Å². The van der Waals surface area contributed by atoms with E-state index in [-0.39, 0.29) is 12.0 Å². The summed E-state index contributed by atoms with van der Waals surface area (Å²) in [6.45, 7) is 0. The Bertz CT molecular complexity index is 169. The first-order chi connectivity index (χ1) is 4.84. The fourth-order valence-corrected chi connectivity index (χ4v) is 1.36. The smallest absolute Gasteiger partial charge is 0.0908 e. The van der Waals surface area contributed by atoms with Crippen LogP contribution in [-0.4, -0.2) is 11.2 Å². The van der Waals surface area contributed by atoms with Crippen LogP contribution in [0.25, 0.3) is 0 Å². The molecule has 2 heteroatoms. The van der Waals surface area contributed by atoms with Gasteiger partial charge in [-0.15, -0.1) is 0 Å². The number of nitrogens with zero attached hydrogens (tertiary/aromatic N) is 1. The normalized spacial score (nSPS) is 32.8. The van der Waals surface area contributed by atoms with Crippen LogP contribution >= 0.6 is 0 Å². The van der Waals surface area contributed by atoms with Gasteiger partial charge < -0.3 is 5.11 Å². The Morgan fingerprint density at radius 1 is 1.50 bits per heavy atom. The maximum Gasteiger partial charge on any atom is 0.0908 e. The molecule has 54 valence electrons. The van der Waals surface area contributed by atoms with E-state index in [2.05, 4.69) is 0 Å². The van der Waals surface area contributed by atoms with Gasteiger partial charge in [0.1, 0.15) is 0 Å². The second-order valence-corrected chi connectivity index (χ2v) is 2.65. The molecule has 0 saturated heterocycles. The van der Waals surface area contributed by atoms with Gasteiger partial charge in [-0.3, -0.25) is 0 Å². The van der Waals surface area contributed by atoms with E-state index in [0.29, 0.717) is 0 Å². The quantitative estimate of drug-likeness (QED) is 0.552. The zero-order chi connectivity index (χ0) is 7.40. The fourth-order valence-electron chi connectivity index (χ4n) is 1.36. The van der Waals surface area contributed by atoms with E-state index in [9.17, 15) is 5.11 Å². The molecule has 0 heterocycles. The van der Waals surface area contributed by atoms with Gasteiger partial charge in [0.2, 0.25) is 0 Å². The van der Waals surface area contributed by atoms with Gasteiger partial charge in [0.15, 0.2) is 0 Å². The molecule has 0 radical (unpaired) electrons. The summed E-state index contributed by atoms with van der Waals surface area (Å²) in [6.07, 6.45) is 6.06. The van der Waals surface area contributed by atoms with Gasteiger partial charge in [-0.25, -0.2) is 0 Å². The van der Waals surface area contributed by atoms with Gasteiger partial charge in [0.05, 0.1) is 12.2 Å². The standard InChI is InChI=1S/C8H11NO/c9-6-2-4-7-3-1-5-8(7)10/h2,4,7-8,10H,1,3,5H2/t7-,8-/m0/s1. The highest BCUT2D eigenvalue weighted by Crippen LogP contribution is 2.26. The highest BCUT2D eigenvalue weighted by Gasteiger charge is 2.21. The predicted octanol–water partition coefficient (Wildman–Crippen LogP) is 1.23. The first-order valence-corrected chi connectivity index (χ1v) is 3.59. The highest BCUT2D eigenvalue weighted by molar-refractivity contribution is 5.06. The van der Waals surface area contributed by atoms with E-state index in [1.54, 1.807) is 6.08 Å². The molecular weight excluding hydrogens is 126 g/mol. The van der Waals surface area contributed by atoms with Crippen molar-refractivity contribution in [2.24, 2.45) is 5.92 Å². The number of allylic oxidation sites excluding steroid dienone is 1. The SMILES string of the molecule is N#CC=C[C@@H]1CCC[C@@H]1O. The molecule has 1 N–H and O–H groups in total. The Morgan fingerprint density at radius 2 is 2.30 bits per heavy atom. The molecule has 2 nitrogen and oxygen atoms in total. The van der Waals surface area contributed by atoms with Crippen LogP contribution in [0.2, 0.25) is 0 Å². The van der Waals surface area contributed by atoms with Crippen molar-refractivity contribution in [3.8, 4) is 6.07 Å². The van der Waals surface area contributed by atoms with Gasteiger partial charge in [-0.2, -0.15) is 5.26 Å². The number of rotatable bonds is 1. The highest BCUT2D eigenvalue weighted by atomic mass is 16.3. The number of hydrogen-bond donors (Lipinski definition) is 1. The molecular formula is C8H11NO. The van der Waals surface area contributed by atoms with Crippen LogP contribution in [0.5, 0.6) is 0 Å². The van der Waals surface area contributed by atoms with Crippen LogP contribution in [0.4, 0.5) is 0 Å². The average Bonchev–Trinajstić information content (AvgIpc) is 2.31. The summed E-state index contributed by atoms with van der Waals surface area (Å²) in [5, 5.41) is 17.4. The summed E-state index contributed by atoms with van der Waals surface area (Å²) < 4.78 is 0. The third kappa shape index (κ3) is 1.58. The van der Waals surface area contributed by atoms with Crippen LogP contribution < -0.4 is 0 Å². The van der Waals surface area contributed by atoms with Crippen molar-refractivity contribution in [3.05, 3.63) is 12.2 Å². The Labute approximate surface area is 60.8 Å². The molecule has 1 aliphatic rings. The fraction of sp³-hybridized carbons (Fsp3) is 0.625. The molecule has 1 fully saturated rings. The number of nitriles is 1. The number of aliphatic hydroxyl groups excluding tert-OH is 1. The molecule has 0 aromatic carbocycles. The summed E-state index contributed by atoms with van der Waals surface area (Å²) >= 11 is 0. The zero-order valence-electron chi connectivity index (χ0n) is 5.83. The molecule has 1 saturated carbocycles. The average molecular weight is 137 g/mol. The molecule has 2 atom stereocenters. The topological polar surface area (TPSA) is 44.0 Å². The van der Waals surface area contributed by atoms with Crippen molar-refractivity contribution in [2.75, 3.05) is 0 Å². The zero-order valence-corrected chi connectivity index (χ0v) is 5.83.